The van der Waals surface area contributed by atoms with Crippen molar-refractivity contribution in [1.29, 1.82) is 0 Å². The summed E-state index contributed by atoms with van der Waals surface area (Å²) in [7, 11) is 1.55. The number of benzene rings is 3. The second-order valence-corrected chi connectivity index (χ2v) is 7.14. The van der Waals surface area contributed by atoms with Crippen molar-refractivity contribution in [3.63, 3.8) is 0 Å². The fourth-order valence-electron chi connectivity index (χ4n) is 3.22. The molecule has 1 heterocycles. The quantitative estimate of drug-likeness (QED) is 0.458. The molecule has 2 N–H and O–H groups in total. The summed E-state index contributed by atoms with van der Waals surface area (Å²) in [5, 5.41) is 7.99. The number of methoxy groups -OCH3 is 1. The van der Waals surface area contributed by atoms with Gasteiger partial charge in [-0.25, -0.2) is 0 Å². The maximum Gasteiger partial charge on any atom is 0.251 e. The Kier molecular flexibility index (Phi) is 5.59. The fraction of sp³-hybridized carbons (Fsp3) is 0.130. The van der Waals surface area contributed by atoms with Gasteiger partial charge in [0.1, 0.15) is 16.9 Å². The summed E-state index contributed by atoms with van der Waals surface area (Å²) in [4.78, 5) is 24.5. The van der Waals surface area contributed by atoms with Crippen molar-refractivity contribution >= 4 is 51.0 Å². The van der Waals surface area contributed by atoms with E-state index in [1.54, 1.807) is 37.4 Å². The lowest BCUT2D eigenvalue weighted by molar-refractivity contribution is -0.116. The van der Waals surface area contributed by atoms with Crippen molar-refractivity contribution in [3.05, 3.63) is 71.2 Å². The molecule has 0 fully saturated rings. The van der Waals surface area contributed by atoms with Crippen molar-refractivity contribution in [2.75, 3.05) is 19.0 Å². The SMILES string of the molecule is COc1cc2c(cc1NC(=O)CCNC(=O)c1ccc(Cl)cc1)oc1ccccc12. The van der Waals surface area contributed by atoms with Crippen molar-refractivity contribution in [3.8, 4) is 5.75 Å². The molecule has 0 atom stereocenters. The van der Waals surface area contributed by atoms with E-state index in [9.17, 15) is 9.59 Å². The summed E-state index contributed by atoms with van der Waals surface area (Å²) in [5.41, 5.74) is 2.42. The highest BCUT2D eigenvalue weighted by Gasteiger charge is 2.14. The Morgan fingerprint density at radius 3 is 2.53 bits per heavy atom. The molecule has 0 aliphatic rings. The number of nitrogens with one attached hydrogen (secondary N) is 2. The topological polar surface area (TPSA) is 80.6 Å². The van der Waals surface area contributed by atoms with Crippen LogP contribution in [0.15, 0.2) is 65.1 Å². The molecule has 0 spiro atoms. The Balaban J connectivity index is 1.42. The van der Waals surface area contributed by atoms with Gasteiger partial charge in [-0.05, 0) is 36.4 Å². The van der Waals surface area contributed by atoms with Crippen LogP contribution in [0.4, 0.5) is 5.69 Å². The van der Waals surface area contributed by atoms with Crippen LogP contribution in [0.25, 0.3) is 21.9 Å². The van der Waals surface area contributed by atoms with Gasteiger partial charge in [-0.1, -0.05) is 29.8 Å². The first-order valence-corrected chi connectivity index (χ1v) is 9.76. The van der Waals surface area contributed by atoms with E-state index >= 15 is 0 Å². The molecule has 6 nitrogen and oxygen atoms in total. The molecular formula is C23H19ClN2O4. The molecular weight excluding hydrogens is 404 g/mol. The van der Waals surface area contributed by atoms with E-state index < -0.39 is 0 Å². The van der Waals surface area contributed by atoms with Crippen molar-refractivity contribution in [2.45, 2.75) is 6.42 Å². The smallest absolute Gasteiger partial charge is 0.251 e. The van der Waals surface area contributed by atoms with Crippen LogP contribution in [0, 0.1) is 0 Å². The number of anilines is 1. The lowest BCUT2D eigenvalue weighted by Crippen LogP contribution is -2.27. The monoisotopic (exact) mass is 422 g/mol. The third-order valence-corrected chi connectivity index (χ3v) is 4.97. The molecule has 7 heteroatoms. The summed E-state index contributed by atoms with van der Waals surface area (Å²) in [6.07, 6.45) is 0.112. The van der Waals surface area contributed by atoms with Crippen LogP contribution >= 0.6 is 11.6 Å². The first-order valence-electron chi connectivity index (χ1n) is 9.38. The number of furan rings is 1. The zero-order valence-electron chi connectivity index (χ0n) is 16.2. The molecule has 0 saturated carbocycles. The third kappa shape index (κ3) is 4.09. The Morgan fingerprint density at radius 1 is 1.00 bits per heavy atom. The van der Waals surface area contributed by atoms with Crippen LogP contribution in [0.1, 0.15) is 16.8 Å². The van der Waals surface area contributed by atoms with Gasteiger partial charge in [-0.3, -0.25) is 9.59 Å². The van der Waals surface area contributed by atoms with Gasteiger partial charge in [-0.2, -0.15) is 0 Å². The molecule has 3 aromatic carbocycles. The number of hydrogen-bond acceptors (Lipinski definition) is 4. The molecule has 0 bridgehead atoms. The Bertz CT molecular complexity index is 1230. The van der Waals surface area contributed by atoms with Gasteiger partial charge in [0.2, 0.25) is 5.91 Å². The molecule has 0 aliphatic carbocycles. The minimum atomic E-state index is -0.263. The molecule has 0 aliphatic heterocycles. The fourth-order valence-corrected chi connectivity index (χ4v) is 3.35. The maximum atomic E-state index is 12.4. The molecule has 1 aromatic heterocycles. The van der Waals surface area contributed by atoms with Gasteiger partial charge in [0, 0.05) is 40.4 Å². The number of amides is 2. The van der Waals surface area contributed by atoms with E-state index in [4.69, 9.17) is 20.8 Å². The third-order valence-electron chi connectivity index (χ3n) is 4.72. The zero-order chi connectivity index (χ0) is 21.1. The number of rotatable bonds is 6. The van der Waals surface area contributed by atoms with E-state index in [1.165, 1.54) is 0 Å². The number of ether oxygens (including phenoxy) is 1. The molecule has 4 rings (SSSR count). The minimum Gasteiger partial charge on any atom is -0.495 e. The molecule has 0 unspecified atom stereocenters. The standard InChI is InChI=1S/C23H19ClN2O4/c1-29-21-12-17-16-4-2-3-5-19(16)30-20(17)13-18(21)26-22(27)10-11-25-23(28)14-6-8-15(24)9-7-14/h2-9,12-13H,10-11H2,1H3,(H,25,28)(H,26,27). The lowest BCUT2D eigenvalue weighted by Gasteiger charge is -2.11. The number of halogens is 1. The van der Waals surface area contributed by atoms with E-state index in [1.807, 2.05) is 30.3 Å². The van der Waals surface area contributed by atoms with Crippen LogP contribution in [-0.4, -0.2) is 25.5 Å². The highest BCUT2D eigenvalue weighted by Crippen LogP contribution is 2.36. The second kappa shape index (κ2) is 8.47. The van der Waals surface area contributed by atoms with E-state index in [-0.39, 0.29) is 24.8 Å². The largest absolute Gasteiger partial charge is 0.495 e. The van der Waals surface area contributed by atoms with Gasteiger partial charge in [0.25, 0.3) is 5.91 Å². The van der Waals surface area contributed by atoms with Crippen molar-refractivity contribution < 1.29 is 18.7 Å². The van der Waals surface area contributed by atoms with Crippen LogP contribution in [0.3, 0.4) is 0 Å². The molecule has 0 radical (unpaired) electrons. The van der Waals surface area contributed by atoms with Gasteiger partial charge in [-0.15, -0.1) is 0 Å². The van der Waals surface area contributed by atoms with E-state index in [0.29, 0.717) is 27.6 Å². The first-order chi connectivity index (χ1) is 14.5. The summed E-state index contributed by atoms with van der Waals surface area (Å²) >= 11 is 5.82. The Morgan fingerprint density at radius 2 is 1.77 bits per heavy atom. The maximum absolute atomic E-state index is 12.4. The van der Waals surface area contributed by atoms with Gasteiger partial charge >= 0.3 is 0 Å². The number of carbonyl (C=O) groups is 2. The predicted molar refractivity (Wildman–Crippen MR) is 117 cm³/mol. The van der Waals surface area contributed by atoms with Crippen molar-refractivity contribution in [2.24, 2.45) is 0 Å². The molecule has 4 aromatic rings. The Labute approximate surface area is 177 Å². The summed E-state index contributed by atoms with van der Waals surface area (Å²) in [6.45, 7) is 0.197. The van der Waals surface area contributed by atoms with Crippen molar-refractivity contribution in [1.82, 2.24) is 5.32 Å². The van der Waals surface area contributed by atoms with E-state index in [2.05, 4.69) is 10.6 Å². The van der Waals surface area contributed by atoms with Gasteiger partial charge < -0.3 is 19.8 Å². The minimum absolute atomic E-state index is 0.112. The Hall–Kier alpha value is -3.51. The van der Waals surface area contributed by atoms with Crippen LogP contribution in [0.5, 0.6) is 5.75 Å². The zero-order valence-corrected chi connectivity index (χ0v) is 17.0. The summed E-state index contributed by atoms with van der Waals surface area (Å²) < 4.78 is 11.3. The van der Waals surface area contributed by atoms with Crippen LogP contribution < -0.4 is 15.4 Å². The van der Waals surface area contributed by atoms with Crippen LogP contribution in [0.2, 0.25) is 5.02 Å². The average Bonchev–Trinajstić information content (AvgIpc) is 3.10. The van der Waals surface area contributed by atoms with Gasteiger partial charge in [0.15, 0.2) is 0 Å². The normalized spacial score (nSPS) is 10.9. The molecule has 152 valence electrons. The number of hydrogen-bond donors (Lipinski definition) is 2. The number of fused-ring (bicyclic) bond motifs is 3. The van der Waals surface area contributed by atoms with E-state index in [0.717, 1.165) is 16.4 Å². The highest BCUT2D eigenvalue weighted by atomic mass is 35.5. The van der Waals surface area contributed by atoms with Crippen LogP contribution in [-0.2, 0) is 4.79 Å². The molecule has 0 saturated heterocycles. The first kappa shape index (κ1) is 19.8. The highest BCUT2D eigenvalue weighted by molar-refractivity contribution is 6.30. The van der Waals surface area contributed by atoms with Gasteiger partial charge in [0.05, 0.1) is 12.8 Å². The molecule has 2 amide bonds. The lowest BCUT2D eigenvalue weighted by atomic mass is 10.1. The average molecular weight is 423 g/mol. The summed E-state index contributed by atoms with van der Waals surface area (Å²) in [5.74, 6) is 0.0218. The summed E-state index contributed by atoms with van der Waals surface area (Å²) in [6, 6.07) is 17.9. The predicted octanol–water partition coefficient (Wildman–Crippen LogP) is 5.01. The number of para-hydroxylation sites is 1. The second-order valence-electron chi connectivity index (χ2n) is 6.71. The molecule has 30 heavy (non-hydrogen) atoms. The number of carbonyl (C=O) groups excluding carboxylic acids is 2.